The minimum atomic E-state index is -1.31. The molecule has 0 aliphatic rings. The molecule has 14 heteroatoms. The van der Waals surface area contributed by atoms with Crippen LogP contribution in [0.15, 0.2) is 30.5 Å². The van der Waals surface area contributed by atoms with Crippen LogP contribution in [0, 0.1) is 5.92 Å². The van der Waals surface area contributed by atoms with Crippen molar-refractivity contribution in [3.05, 3.63) is 36.0 Å². The highest BCUT2D eigenvalue weighted by Gasteiger charge is 2.32. The number of hydrogen-bond donors (Lipinski definition) is 8. The lowest BCUT2D eigenvalue weighted by Crippen LogP contribution is -2.58. The van der Waals surface area contributed by atoms with Crippen LogP contribution in [-0.4, -0.2) is 69.8 Å². The third kappa shape index (κ3) is 9.38. The Balaban J connectivity index is 2.31. The Hall–Kier alpha value is -4.46. The van der Waals surface area contributed by atoms with Gasteiger partial charge in [-0.1, -0.05) is 32.0 Å². The number of para-hydroxylation sites is 1. The maximum Gasteiger partial charge on any atom is 0.326 e. The second-order valence-corrected chi connectivity index (χ2v) is 9.87. The number of benzene rings is 1. The van der Waals surface area contributed by atoms with E-state index in [2.05, 4.69) is 20.9 Å². The van der Waals surface area contributed by atoms with Gasteiger partial charge < -0.3 is 43.2 Å². The van der Waals surface area contributed by atoms with E-state index in [0.29, 0.717) is 5.56 Å². The molecule has 0 aliphatic heterocycles. The highest BCUT2D eigenvalue weighted by atomic mass is 16.4. The number of hydrogen-bond acceptors (Lipinski definition) is 7. The number of primary amides is 2. The zero-order valence-electron chi connectivity index (χ0n) is 22.4. The summed E-state index contributed by atoms with van der Waals surface area (Å²) < 4.78 is 0. The zero-order valence-corrected chi connectivity index (χ0v) is 22.4. The SMILES string of the molecule is CC(C)C(NC(=O)C(Cc1c[nH]c2ccccc12)NC(=O)C(CCC(N)=O)NC(=O)C(N)CCC(N)=O)C(=O)O. The van der Waals surface area contributed by atoms with Crippen molar-refractivity contribution in [1.29, 1.82) is 0 Å². The van der Waals surface area contributed by atoms with Gasteiger partial charge in [0.15, 0.2) is 0 Å². The molecular formula is C26H37N7O7. The third-order valence-corrected chi connectivity index (χ3v) is 6.31. The van der Waals surface area contributed by atoms with Crippen molar-refractivity contribution in [1.82, 2.24) is 20.9 Å². The molecule has 0 saturated carbocycles. The first-order chi connectivity index (χ1) is 18.8. The Labute approximate surface area is 230 Å². The lowest BCUT2D eigenvalue weighted by Gasteiger charge is -2.26. The number of H-pyrrole nitrogens is 1. The van der Waals surface area contributed by atoms with Gasteiger partial charge >= 0.3 is 5.97 Å². The van der Waals surface area contributed by atoms with Crippen LogP contribution in [0.1, 0.15) is 45.1 Å². The first-order valence-corrected chi connectivity index (χ1v) is 12.8. The van der Waals surface area contributed by atoms with Crippen molar-refractivity contribution < 1.29 is 33.9 Å². The topological polar surface area (TPSA) is 253 Å². The molecule has 2 aromatic rings. The van der Waals surface area contributed by atoms with Gasteiger partial charge in [-0.2, -0.15) is 0 Å². The van der Waals surface area contributed by atoms with E-state index < -0.39 is 65.6 Å². The Kier molecular flexibility index (Phi) is 11.6. The van der Waals surface area contributed by atoms with Gasteiger partial charge in [0, 0.05) is 36.4 Å². The first kappa shape index (κ1) is 31.8. The van der Waals surface area contributed by atoms with E-state index in [1.54, 1.807) is 20.0 Å². The number of aromatic amines is 1. The Bertz CT molecular complexity index is 1240. The second-order valence-electron chi connectivity index (χ2n) is 9.87. The van der Waals surface area contributed by atoms with Crippen molar-refractivity contribution >= 4 is 46.4 Å². The van der Waals surface area contributed by atoms with Crippen molar-refractivity contribution in [2.24, 2.45) is 23.1 Å². The summed E-state index contributed by atoms with van der Waals surface area (Å²) in [6.45, 7) is 3.26. The maximum absolute atomic E-state index is 13.3. The highest BCUT2D eigenvalue weighted by molar-refractivity contribution is 5.95. The number of aromatic nitrogens is 1. The molecule has 0 spiro atoms. The number of amides is 5. The molecule has 0 aliphatic carbocycles. The van der Waals surface area contributed by atoms with Crippen LogP contribution in [0.3, 0.4) is 0 Å². The molecule has 1 aromatic heterocycles. The minimum absolute atomic E-state index is 0.0133. The molecule has 14 nitrogen and oxygen atoms in total. The number of carbonyl (C=O) groups excluding carboxylic acids is 5. The van der Waals surface area contributed by atoms with Crippen molar-refractivity contribution in [3.8, 4) is 0 Å². The number of fused-ring (bicyclic) bond motifs is 1. The van der Waals surface area contributed by atoms with Gasteiger partial charge in [-0.15, -0.1) is 0 Å². The van der Waals surface area contributed by atoms with Crippen LogP contribution in [0.25, 0.3) is 10.9 Å². The van der Waals surface area contributed by atoms with E-state index in [9.17, 15) is 33.9 Å². The Morgan fingerprint density at radius 3 is 2.02 bits per heavy atom. The van der Waals surface area contributed by atoms with E-state index in [-0.39, 0.29) is 32.1 Å². The van der Waals surface area contributed by atoms with Gasteiger partial charge in [0.2, 0.25) is 29.5 Å². The summed E-state index contributed by atoms with van der Waals surface area (Å²) >= 11 is 0. The van der Waals surface area contributed by atoms with Crippen molar-refractivity contribution in [2.45, 2.75) is 70.1 Å². The summed E-state index contributed by atoms with van der Waals surface area (Å²) in [6.07, 6.45) is 0.991. The Morgan fingerprint density at radius 2 is 1.43 bits per heavy atom. The summed E-state index contributed by atoms with van der Waals surface area (Å²) in [7, 11) is 0. The fraction of sp³-hybridized carbons (Fsp3) is 0.462. The predicted octanol–water partition coefficient (Wildman–Crippen LogP) is -1.24. The van der Waals surface area contributed by atoms with Gasteiger partial charge in [0.05, 0.1) is 6.04 Å². The van der Waals surface area contributed by atoms with Crippen molar-refractivity contribution in [2.75, 3.05) is 0 Å². The molecule has 1 heterocycles. The molecular weight excluding hydrogens is 522 g/mol. The largest absolute Gasteiger partial charge is 0.480 e. The number of carboxylic acids is 1. The summed E-state index contributed by atoms with van der Waals surface area (Å²) in [6, 6.07) is 2.37. The molecule has 4 atom stereocenters. The molecule has 0 saturated heterocycles. The molecule has 5 amide bonds. The highest BCUT2D eigenvalue weighted by Crippen LogP contribution is 2.19. The molecule has 0 radical (unpaired) electrons. The third-order valence-electron chi connectivity index (χ3n) is 6.31. The molecule has 1 aromatic carbocycles. The average molecular weight is 560 g/mol. The van der Waals surface area contributed by atoms with E-state index in [1.807, 2.05) is 24.3 Å². The first-order valence-electron chi connectivity index (χ1n) is 12.8. The predicted molar refractivity (Wildman–Crippen MR) is 145 cm³/mol. The van der Waals surface area contributed by atoms with Crippen LogP contribution in [0.4, 0.5) is 0 Å². The standard InChI is InChI=1S/C26H37N7O7/c1-13(2)22(26(39)40)33-25(38)19(11-14-12-30-17-6-4-3-5-15(14)17)32-24(37)18(8-10-21(29)35)31-23(36)16(27)7-9-20(28)34/h3-6,12-13,16,18-19,22,30H,7-11,27H2,1-2H3,(H2,28,34)(H2,29,35)(H,31,36)(H,32,37)(H,33,38)(H,39,40). The summed E-state index contributed by atoms with van der Waals surface area (Å²) in [5.74, 6) is -5.40. The fourth-order valence-electron chi connectivity index (χ4n) is 4.03. The molecule has 218 valence electrons. The van der Waals surface area contributed by atoms with Crippen LogP contribution >= 0.6 is 0 Å². The zero-order chi connectivity index (χ0) is 30.0. The van der Waals surface area contributed by atoms with Gasteiger partial charge in [-0.25, -0.2) is 4.79 Å². The molecule has 0 bridgehead atoms. The molecule has 4 unspecified atom stereocenters. The second kappa shape index (κ2) is 14.6. The number of rotatable bonds is 16. The molecule has 40 heavy (non-hydrogen) atoms. The lowest BCUT2D eigenvalue weighted by atomic mass is 10.0. The average Bonchev–Trinajstić information content (AvgIpc) is 3.29. The van der Waals surface area contributed by atoms with E-state index >= 15 is 0 Å². The Morgan fingerprint density at radius 1 is 0.850 bits per heavy atom. The number of nitrogens with one attached hydrogen (secondary N) is 4. The van der Waals surface area contributed by atoms with Gasteiger partial charge in [-0.3, -0.25) is 24.0 Å². The van der Waals surface area contributed by atoms with E-state index in [4.69, 9.17) is 17.2 Å². The molecule has 0 fully saturated rings. The lowest BCUT2D eigenvalue weighted by molar-refractivity contribution is -0.143. The molecule has 2 rings (SSSR count). The van der Waals surface area contributed by atoms with Gasteiger partial charge in [0.1, 0.15) is 18.1 Å². The summed E-state index contributed by atoms with van der Waals surface area (Å²) in [5, 5.41) is 17.8. The number of carboxylic acid groups (broad SMARTS) is 1. The smallest absolute Gasteiger partial charge is 0.326 e. The normalized spacial score (nSPS) is 14.1. The van der Waals surface area contributed by atoms with Crippen molar-refractivity contribution in [3.63, 3.8) is 0 Å². The van der Waals surface area contributed by atoms with Gasteiger partial charge in [0.25, 0.3) is 0 Å². The monoisotopic (exact) mass is 559 g/mol. The quantitative estimate of drug-likeness (QED) is 0.123. The van der Waals surface area contributed by atoms with E-state index in [0.717, 1.165) is 10.9 Å². The number of carbonyl (C=O) groups is 6. The fourth-order valence-corrected chi connectivity index (χ4v) is 4.03. The summed E-state index contributed by atoms with van der Waals surface area (Å²) in [4.78, 5) is 76.5. The maximum atomic E-state index is 13.3. The van der Waals surface area contributed by atoms with Crippen LogP contribution in [0.2, 0.25) is 0 Å². The minimum Gasteiger partial charge on any atom is -0.480 e. The summed E-state index contributed by atoms with van der Waals surface area (Å²) in [5.41, 5.74) is 17.6. The van der Waals surface area contributed by atoms with Gasteiger partial charge in [-0.05, 0) is 30.4 Å². The molecule has 11 N–H and O–H groups in total. The van der Waals surface area contributed by atoms with E-state index in [1.165, 1.54) is 0 Å². The van der Waals surface area contributed by atoms with Crippen LogP contribution < -0.4 is 33.2 Å². The number of aliphatic carboxylic acids is 1. The number of nitrogens with two attached hydrogens (primary N) is 3. The van der Waals surface area contributed by atoms with Crippen LogP contribution in [-0.2, 0) is 35.2 Å². The van der Waals surface area contributed by atoms with Crippen LogP contribution in [0.5, 0.6) is 0 Å².